The maximum atomic E-state index is 10.6. The highest BCUT2D eigenvalue weighted by Gasteiger charge is 2.18. The number of halogens is 4. The smallest absolute Gasteiger partial charge is 0.339 e. The molecule has 0 fully saturated rings. The van der Waals surface area contributed by atoms with Gasteiger partial charge < -0.3 is 19.5 Å². The summed E-state index contributed by atoms with van der Waals surface area (Å²) in [5.74, 6) is -2.04. The first-order chi connectivity index (χ1) is 18.3. The second kappa shape index (κ2) is 13.5. The summed E-state index contributed by atoms with van der Waals surface area (Å²) < 4.78 is 37.8. The number of carboxylic acid groups (broad SMARTS) is 1. The molecule has 0 unspecified atom stereocenters. The first-order valence-electron chi connectivity index (χ1n) is 10.8. The van der Waals surface area contributed by atoms with Crippen molar-refractivity contribution >= 4 is 62.5 Å². The van der Waals surface area contributed by atoms with Gasteiger partial charge in [0.2, 0.25) is 0 Å². The van der Waals surface area contributed by atoms with Gasteiger partial charge in [-0.25, -0.2) is 9.78 Å². The lowest BCUT2D eigenvalue weighted by Gasteiger charge is -2.21. The van der Waals surface area contributed by atoms with E-state index in [1.165, 1.54) is 0 Å². The first kappa shape index (κ1) is 30.7. The van der Waals surface area contributed by atoms with E-state index < -0.39 is 32.3 Å². The molecule has 0 radical (unpaired) electrons. The van der Waals surface area contributed by atoms with Crippen LogP contribution in [0.2, 0.25) is 20.1 Å². The van der Waals surface area contributed by atoms with Crippen LogP contribution in [0.5, 0.6) is 5.75 Å². The van der Waals surface area contributed by atoms with E-state index in [0.717, 1.165) is 23.3 Å². The highest BCUT2D eigenvalue weighted by molar-refractivity contribution is 7.85. The Bertz CT molecular complexity index is 1560. The van der Waals surface area contributed by atoms with E-state index in [-0.39, 0.29) is 6.10 Å². The molecule has 9 nitrogen and oxygen atoms in total. The summed E-state index contributed by atoms with van der Waals surface area (Å²) in [5, 5.41) is 19.8. The highest BCUT2D eigenvalue weighted by Crippen LogP contribution is 2.31. The Morgan fingerprint density at radius 1 is 0.974 bits per heavy atom. The molecular formula is C25H20Cl4N2O7S. The molecule has 1 atom stereocenters. The number of nitrogens with zero attached hydrogens (tertiary/aromatic N) is 2. The number of ether oxygens (including phenoxy) is 1. The third-order valence-electron chi connectivity index (χ3n) is 5.20. The summed E-state index contributed by atoms with van der Waals surface area (Å²) in [7, 11) is -4.45. The maximum absolute atomic E-state index is 10.6. The van der Waals surface area contributed by atoms with Crippen molar-refractivity contribution in [2.24, 2.45) is 0 Å². The van der Waals surface area contributed by atoms with E-state index in [4.69, 9.17) is 65.9 Å². The van der Waals surface area contributed by atoms with Gasteiger partial charge in [-0.1, -0.05) is 58.5 Å². The lowest BCUT2D eigenvalue weighted by molar-refractivity contribution is 0.0281. The van der Waals surface area contributed by atoms with E-state index in [0.29, 0.717) is 39.3 Å². The molecule has 39 heavy (non-hydrogen) atoms. The molecule has 0 spiro atoms. The number of imidazole rings is 1. The van der Waals surface area contributed by atoms with Gasteiger partial charge in [0.05, 0.1) is 24.4 Å². The predicted octanol–water partition coefficient (Wildman–Crippen LogP) is 6.79. The quantitative estimate of drug-likeness (QED) is 0.180. The Hall–Kier alpha value is -2.83. The van der Waals surface area contributed by atoms with Gasteiger partial charge in [-0.15, -0.1) is 0 Å². The summed E-state index contributed by atoms with van der Waals surface area (Å²) in [5.41, 5.74) is 1.12. The first-order valence-corrected chi connectivity index (χ1v) is 13.8. The monoisotopic (exact) mass is 632 g/mol. The molecule has 14 heteroatoms. The fourth-order valence-electron chi connectivity index (χ4n) is 3.27. The zero-order valence-corrected chi connectivity index (χ0v) is 23.5. The second-order valence-electron chi connectivity index (χ2n) is 7.92. The average Bonchev–Trinajstić information content (AvgIpc) is 3.36. The molecule has 0 saturated carbocycles. The highest BCUT2D eigenvalue weighted by atomic mass is 35.5. The van der Waals surface area contributed by atoms with Gasteiger partial charge >= 0.3 is 5.97 Å². The van der Waals surface area contributed by atoms with Gasteiger partial charge in [0.1, 0.15) is 17.4 Å². The third-order valence-corrected chi connectivity index (χ3v) is 7.20. The van der Waals surface area contributed by atoms with Crippen molar-refractivity contribution in [3.8, 4) is 5.75 Å². The number of hydrogen-bond donors (Lipinski definition) is 3. The molecule has 4 aromatic rings. The lowest BCUT2D eigenvalue weighted by Crippen LogP contribution is -2.12. The summed E-state index contributed by atoms with van der Waals surface area (Å²) in [6, 6.07) is 13.2. The van der Waals surface area contributed by atoms with Gasteiger partial charge in [-0.3, -0.25) is 4.55 Å². The third kappa shape index (κ3) is 8.84. The van der Waals surface area contributed by atoms with Crippen molar-refractivity contribution in [1.82, 2.24) is 9.55 Å². The van der Waals surface area contributed by atoms with Crippen LogP contribution in [0.25, 0.3) is 0 Å². The fourth-order valence-corrected chi connectivity index (χ4v) is 4.77. The van der Waals surface area contributed by atoms with Crippen molar-refractivity contribution in [1.29, 1.82) is 0 Å². The van der Waals surface area contributed by atoms with Crippen LogP contribution in [-0.2, 0) is 28.0 Å². The number of phenols is 1. The molecular weight excluding hydrogens is 614 g/mol. The molecule has 0 aliphatic heterocycles. The number of carboxylic acids is 1. The number of rotatable bonds is 8. The predicted molar refractivity (Wildman–Crippen MR) is 148 cm³/mol. The normalized spacial score (nSPS) is 11.9. The Morgan fingerprint density at radius 3 is 2.21 bits per heavy atom. The van der Waals surface area contributed by atoms with Crippen molar-refractivity contribution < 1.29 is 32.7 Å². The summed E-state index contributed by atoms with van der Waals surface area (Å²) in [6.45, 7) is 0.890. The zero-order valence-electron chi connectivity index (χ0n) is 19.7. The van der Waals surface area contributed by atoms with E-state index in [1.807, 2.05) is 22.9 Å². The number of aromatic hydroxyl groups is 1. The molecule has 0 amide bonds. The van der Waals surface area contributed by atoms with Gasteiger partial charge in [-0.05, 0) is 48.0 Å². The lowest BCUT2D eigenvalue weighted by atomic mass is 10.1. The van der Waals surface area contributed by atoms with E-state index >= 15 is 0 Å². The van der Waals surface area contributed by atoms with Gasteiger partial charge in [0.15, 0.2) is 0 Å². The van der Waals surface area contributed by atoms with Crippen LogP contribution in [0.1, 0.15) is 27.6 Å². The molecule has 4 rings (SSSR count). The molecule has 0 aliphatic rings. The molecule has 1 heterocycles. The molecule has 3 N–H and O–H groups in total. The summed E-state index contributed by atoms with van der Waals surface area (Å²) in [6.07, 6.45) is 5.03. The Morgan fingerprint density at radius 2 is 1.64 bits per heavy atom. The van der Waals surface area contributed by atoms with Crippen LogP contribution in [-0.4, -0.2) is 38.7 Å². The van der Waals surface area contributed by atoms with E-state index in [2.05, 4.69) is 4.98 Å². The molecule has 0 saturated heterocycles. The SMILES string of the molecule is Clc1ccc(CO[C@@H](Cn2ccnc2)c2ccc(Cl)cc2Cl)c(Cl)c1.O=C(O)c1cc(S(=O)(=O)O)ccc1O. The number of carbonyl (C=O) groups is 1. The van der Waals surface area contributed by atoms with E-state index in [9.17, 15) is 13.2 Å². The van der Waals surface area contributed by atoms with E-state index in [1.54, 1.807) is 36.8 Å². The van der Waals surface area contributed by atoms with Crippen LogP contribution < -0.4 is 0 Å². The number of benzene rings is 3. The Balaban J connectivity index is 0.000000255. The molecule has 0 bridgehead atoms. The molecule has 1 aromatic heterocycles. The zero-order chi connectivity index (χ0) is 28.7. The minimum atomic E-state index is -4.45. The average molecular weight is 634 g/mol. The van der Waals surface area contributed by atoms with Crippen molar-refractivity contribution in [3.63, 3.8) is 0 Å². The standard InChI is InChI=1S/C18H14Cl4N2O.C7H6O6S/c19-13-2-1-12(16(21)7-13)10-25-18(9-24-6-5-23-11-24)15-4-3-14(20)8-17(15)22;8-6-2-1-4(14(11,12)13)3-5(6)7(9)10/h1-8,11,18H,9-10H2;1-3,8H,(H,9,10)(H,11,12,13)/t18-;/m0./s1. The van der Waals surface area contributed by atoms with Crippen LogP contribution in [0.4, 0.5) is 0 Å². The van der Waals surface area contributed by atoms with Crippen LogP contribution in [0, 0.1) is 0 Å². The molecule has 206 valence electrons. The van der Waals surface area contributed by atoms with Gasteiger partial charge in [0, 0.05) is 38.0 Å². The van der Waals surface area contributed by atoms with Crippen molar-refractivity contribution in [2.45, 2.75) is 24.2 Å². The van der Waals surface area contributed by atoms with Crippen molar-refractivity contribution in [2.75, 3.05) is 0 Å². The largest absolute Gasteiger partial charge is 0.507 e. The minimum Gasteiger partial charge on any atom is -0.507 e. The Labute approximate surface area is 243 Å². The Kier molecular flexibility index (Phi) is 10.6. The number of hydrogen-bond acceptors (Lipinski definition) is 6. The topological polar surface area (TPSA) is 139 Å². The number of aromatic nitrogens is 2. The van der Waals surface area contributed by atoms with Crippen LogP contribution in [0.3, 0.4) is 0 Å². The van der Waals surface area contributed by atoms with Crippen LogP contribution >= 0.6 is 46.4 Å². The summed E-state index contributed by atoms with van der Waals surface area (Å²) >= 11 is 24.5. The minimum absolute atomic E-state index is 0.286. The fraction of sp³-hybridized carbons (Fsp3) is 0.120. The van der Waals surface area contributed by atoms with Gasteiger partial charge in [-0.2, -0.15) is 8.42 Å². The van der Waals surface area contributed by atoms with Crippen LogP contribution in [0.15, 0.2) is 78.2 Å². The number of aromatic carboxylic acids is 1. The van der Waals surface area contributed by atoms with Gasteiger partial charge in [0.25, 0.3) is 10.1 Å². The molecule has 3 aromatic carbocycles. The summed E-state index contributed by atoms with van der Waals surface area (Å²) in [4.78, 5) is 14.0. The second-order valence-corrected chi connectivity index (χ2v) is 11.0. The maximum Gasteiger partial charge on any atom is 0.339 e. The molecule has 0 aliphatic carbocycles. The van der Waals surface area contributed by atoms with Crippen molar-refractivity contribution in [3.05, 3.63) is 110 Å².